The Labute approximate surface area is 173 Å². The molecule has 2 aromatic rings. The minimum absolute atomic E-state index is 0.0650. The molecule has 0 spiro atoms. The maximum absolute atomic E-state index is 12.5. The fraction of sp³-hybridized carbons (Fsp3) is 0.391. The van der Waals surface area contributed by atoms with Crippen molar-refractivity contribution in [1.29, 1.82) is 0 Å². The molecule has 0 aromatic heterocycles. The Morgan fingerprint density at radius 3 is 2.24 bits per heavy atom. The topological polar surface area (TPSA) is 71.9 Å². The number of benzene rings is 2. The lowest BCUT2D eigenvalue weighted by Gasteiger charge is -2.20. The lowest BCUT2D eigenvalue weighted by molar-refractivity contribution is -0.881. The summed E-state index contributed by atoms with van der Waals surface area (Å²) in [4.78, 5) is 25.7. The molecule has 0 heterocycles. The van der Waals surface area contributed by atoms with Crippen LogP contribution in [0.2, 0.25) is 0 Å². The van der Waals surface area contributed by atoms with Gasteiger partial charge in [-0.3, -0.25) is 9.59 Å². The van der Waals surface area contributed by atoms with Crippen LogP contribution in [0.5, 0.6) is 5.75 Å². The molecule has 2 amide bonds. The van der Waals surface area contributed by atoms with E-state index in [1.165, 1.54) is 11.1 Å². The van der Waals surface area contributed by atoms with Crippen molar-refractivity contribution < 1.29 is 19.2 Å². The average molecular weight is 399 g/mol. The highest BCUT2D eigenvalue weighted by atomic mass is 16.5. The molecule has 2 aromatic carbocycles. The third-order valence-corrected chi connectivity index (χ3v) is 5.10. The van der Waals surface area contributed by atoms with E-state index in [9.17, 15) is 9.59 Å². The van der Waals surface area contributed by atoms with Crippen LogP contribution in [0.15, 0.2) is 42.5 Å². The molecule has 0 radical (unpaired) electrons. The van der Waals surface area contributed by atoms with Crippen LogP contribution in [0.25, 0.3) is 0 Å². The summed E-state index contributed by atoms with van der Waals surface area (Å²) in [5, 5.41) is 5.90. The molecule has 0 saturated carbocycles. The van der Waals surface area contributed by atoms with Crippen LogP contribution in [0, 0.1) is 13.8 Å². The van der Waals surface area contributed by atoms with E-state index in [0.717, 1.165) is 16.2 Å². The normalized spacial score (nSPS) is 12.7. The Hall–Kier alpha value is -2.86. The van der Waals surface area contributed by atoms with Gasteiger partial charge >= 0.3 is 0 Å². The highest BCUT2D eigenvalue weighted by Crippen LogP contribution is 2.16. The van der Waals surface area contributed by atoms with E-state index in [-0.39, 0.29) is 30.9 Å². The Balaban J connectivity index is 1.86. The van der Waals surface area contributed by atoms with E-state index in [1.807, 2.05) is 19.9 Å². The van der Waals surface area contributed by atoms with Gasteiger partial charge in [0.2, 0.25) is 0 Å². The molecular weight excluding hydrogens is 366 g/mol. The van der Waals surface area contributed by atoms with Gasteiger partial charge in [0.15, 0.2) is 13.1 Å². The first-order valence-corrected chi connectivity index (χ1v) is 9.96. The van der Waals surface area contributed by atoms with Gasteiger partial charge in [-0.15, -0.1) is 0 Å². The van der Waals surface area contributed by atoms with E-state index in [4.69, 9.17) is 4.74 Å². The van der Waals surface area contributed by atoms with Crippen molar-refractivity contribution >= 4 is 17.5 Å². The van der Waals surface area contributed by atoms with Gasteiger partial charge in [0.25, 0.3) is 11.8 Å². The van der Waals surface area contributed by atoms with E-state index in [2.05, 4.69) is 36.6 Å². The minimum atomic E-state index is -0.123. The zero-order chi connectivity index (χ0) is 21.4. The second-order valence-electron chi connectivity index (χ2n) is 7.37. The second-order valence-corrected chi connectivity index (χ2v) is 7.37. The highest BCUT2D eigenvalue weighted by Gasteiger charge is 2.18. The molecule has 0 saturated heterocycles. The monoisotopic (exact) mass is 398 g/mol. The van der Waals surface area contributed by atoms with Crippen molar-refractivity contribution in [1.82, 2.24) is 5.32 Å². The number of anilines is 1. The number of amides is 2. The molecule has 0 bridgehead atoms. The molecule has 6 heteroatoms. The summed E-state index contributed by atoms with van der Waals surface area (Å²) in [5.41, 5.74) is 4.23. The van der Waals surface area contributed by atoms with Gasteiger partial charge in [-0.05, 0) is 68.7 Å². The molecule has 0 aliphatic rings. The number of rotatable bonds is 9. The Morgan fingerprint density at radius 2 is 1.66 bits per heavy atom. The molecule has 6 nitrogen and oxygen atoms in total. The molecule has 0 aliphatic carbocycles. The molecule has 2 atom stereocenters. The van der Waals surface area contributed by atoms with Gasteiger partial charge < -0.3 is 20.3 Å². The van der Waals surface area contributed by atoms with Crippen LogP contribution >= 0.6 is 0 Å². The van der Waals surface area contributed by atoms with Crippen molar-refractivity contribution in [2.24, 2.45) is 0 Å². The molecular formula is C23H32N3O3+. The van der Waals surface area contributed by atoms with Gasteiger partial charge in [-0.1, -0.05) is 18.2 Å². The lowest BCUT2D eigenvalue weighted by atomic mass is 10.0. The minimum Gasteiger partial charge on any atom is -0.497 e. The quantitative estimate of drug-likeness (QED) is 0.605. The van der Waals surface area contributed by atoms with E-state index in [1.54, 1.807) is 31.4 Å². The second kappa shape index (κ2) is 10.6. The number of carbonyl (C=O) groups excluding carboxylic acids is 2. The number of hydrogen-bond donors (Lipinski definition) is 3. The first kappa shape index (κ1) is 22.4. The first-order valence-electron chi connectivity index (χ1n) is 9.96. The van der Waals surface area contributed by atoms with Gasteiger partial charge in [-0.2, -0.15) is 0 Å². The smallest absolute Gasteiger partial charge is 0.279 e. The third-order valence-electron chi connectivity index (χ3n) is 5.10. The van der Waals surface area contributed by atoms with E-state index in [0.29, 0.717) is 12.2 Å². The van der Waals surface area contributed by atoms with E-state index >= 15 is 0 Å². The summed E-state index contributed by atoms with van der Waals surface area (Å²) >= 11 is 0. The number of hydrogen-bond acceptors (Lipinski definition) is 3. The molecule has 3 N–H and O–H groups in total. The summed E-state index contributed by atoms with van der Waals surface area (Å²) < 4.78 is 5.11. The van der Waals surface area contributed by atoms with Crippen molar-refractivity contribution in [2.45, 2.75) is 33.7 Å². The number of likely N-dealkylation sites (N-methyl/N-ethyl adjacent to an activating group) is 1. The van der Waals surface area contributed by atoms with Crippen LogP contribution in [0.4, 0.5) is 5.69 Å². The predicted molar refractivity (Wildman–Crippen MR) is 115 cm³/mol. The van der Waals surface area contributed by atoms with Crippen LogP contribution in [-0.2, 0) is 9.59 Å². The van der Waals surface area contributed by atoms with Crippen molar-refractivity contribution in [3.05, 3.63) is 59.2 Å². The first-order chi connectivity index (χ1) is 13.8. The molecule has 29 heavy (non-hydrogen) atoms. The van der Waals surface area contributed by atoms with Gasteiger partial charge in [0.05, 0.1) is 19.7 Å². The maximum atomic E-state index is 12.5. The fourth-order valence-corrected chi connectivity index (χ4v) is 3.06. The number of ether oxygens (including phenoxy) is 1. The number of aryl methyl sites for hydroxylation is 2. The number of carbonyl (C=O) groups is 2. The van der Waals surface area contributed by atoms with Gasteiger partial charge in [0, 0.05) is 5.69 Å². The third kappa shape index (κ3) is 6.91. The molecule has 2 rings (SSSR count). The Bertz CT molecular complexity index is 834. The predicted octanol–water partition coefficient (Wildman–Crippen LogP) is 2.03. The summed E-state index contributed by atoms with van der Waals surface area (Å²) in [6.45, 7) is 9.25. The maximum Gasteiger partial charge on any atom is 0.279 e. The average Bonchev–Trinajstić information content (AvgIpc) is 2.69. The Kier molecular flexibility index (Phi) is 8.21. The standard InChI is InChI=1S/C23H31N3O3/c1-6-26(15-23(28)25-20-9-11-21(29-5)12-10-20)14-22(27)24-18(4)19-8-7-16(2)17(3)13-19/h7-13,18H,6,14-15H2,1-5H3,(H,24,27)(H,25,28)/p+1/t18-/m1/s1. The Morgan fingerprint density at radius 1 is 1.00 bits per heavy atom. The molecule has 0 fully saturated rings. The van der Waals surface area contributed by atoms with Crippen LogP contribution in [0.3, 0.4) is 0 Å². The summed E-state index contributed by atoms with van der Waals surface area (Å²) in [6, 6.07) is 13.3. The summed E-state index contributed by atoms with van der Waals surface area (Å²) in [5.74, 6) is 0.547. The van der Waals surface area contributed by atoms with Crippen LogP contribution in [-0.4, -0.2) is 38.6 Å². The molecule has 156 valence electrons. The molecule has 1 unspecified atom stereocenters. The van der Waals surface area contributed by atoms with Crippen LogP contribution in [0.1, 0.15) is 36.6 Å². The number of quaternary nitrogens is 1. The van der Waals surface area contributed by atoms with Crippen LogP contribution < -0.4 is 20.3 Å². The SMILES string of the molecule is CC[NH+](CC(=O)Nc1ccc(OC)cc1)CC(=O)N[C@H](C)c1ccc(C)c(C)c1. The van der Waals surface area contributed by atoms with Crippen molar-refractivity contribution in [3.63, 3.8) is 0 Å². The zero-order valence-corrected chi connectivity index (χ0v) is 18.0. The molecule has 0 aliphatic heterocycles. The summed E-state index contributed by atoms with van der Waals surface area (Å²) in [7, 11) is 1.60. The van der Waals surface area contributed by atoms with Gasteiger partial charge in [-0.25, -0.2) is 0 Å². The van der Waals surface area contributed by atoms with E-state index < -0.39 is 0 Å². The lowest BCUT2D eigenvalue weighted by Crippen LogP contribution is -3.14. The van der Waals surface area contributed by atoms with Crippen molar-refractivity contribution in [3.8, 4) is 5.75 Å². The van der Waals surface area contributed by atoms with Crippen molar-refractivity contribution in [2.75, 3.05) is 32.1 Å². The number of nitrogens with one attached hydrogen (secondary N) is 3. The zero-order valence-electron chi connectivity index (χ0n) is 18.0. The van der Waals surface area contributed by atoms with Gasteiger partial charge in [0.1, 0.15) is 5.75 Å². The fourth-order valence-electron chi connectivity index (χ4n) is 3.06. The highest BCUT2D eigenvalue weighted by molar-refractivity contribution is 5.91. The summed E-state index contributed by atoms with van der Waals surface area (Å²) in [6.07, 6.45) is 0. The number of methoxy groups -OCH3 is 1. The largest absolute Gasteiger partial charge is 0.497 e.